The topological polar surface area (TPSA) is 79.3 Å². The van der Waals surface area contributed by atoms with Crippen molar-refractivity contribution in [3.63, 3.8) is 0 Å². The Bertz CT molecular complexity index is 571. The number of nitrogens with zero attached hydrogens (tertiary/aromatic N) is 2. The zero-order chi connectivity index (χ0) is 15.5. The van der Waals surface area contributed by atoms with E-state index in [0.717, 1.165) is 37.0 Å². The third-order valence-electron chi connectivity index (χ3n) is 4.44. The lowest BCUT2D eigenvalue weighted by Gasteiger charge is -2.36. The molecule has 21 heavy (non-hydrogen) atoms. The van der Waals surface area contributed by atoms with Crippen LogP contribution in [-0.2, 0) is 11.3 Å². The molecule has 1 aromatic rings. The molecule has 2 N–H and O–H groups in total. The highest BCUT2D eigenvalue weighted by molar-refractivity contribution is 5.85. The molecular formula is C16H21N3O2. The number of hydrogen-bond donors (Lipinski definition) is 1. The molecule has 0 unspecified atom stereocenters. The molecule has 0 radical (unpaired) electrons. The SMILES string of the molecule is COc1ccc(C#N)cc1CN(C)C1(C(N)=O)CCCC1. The summed E-state index contributed by atoms with van der Waals surface area (Å²) in [5.41, 5.74) is 6.55. The van der Waals surface area contributed by atoms with Gasteiger partial charge in [0, 0.05) is 12.1 Å². The first-order valence-electron chi connectivity index (χ1n) is 7.11. The molecule has 1 aliphatic rings. The molecule has 0 bridgehead atoms. The van der Waals surface area contributed by atoms with E-state index in [1.165, 1.54) is 0 Å². The van der Waals surface area contributed by atoms with Crippen molar-refractivity contribution in [3.05, 3.63) is 29.3 Å². The summed E-state index contributed by atoms with van der Waals surface area (Å²) >= 11 is 0. The van der Waals surface area contributed by atoms with Gasteiger partial charge in [-0.1, -0.05) is 12.8 Å². The van der Waals surface area contributed by atoms with Gasteiger partial charge in [-0.25, -0.2) is 0 Å². The fourth-order valence-electron chi connectivity index (χ4n) is 3.15. The second-order valence-corrected chi connectivity index (χ2v) is 5.60. The molecule has 112 valence electrons. The van der Waals surface area contributed by atoms with E-state index in [0.29, 0.717) is 12.1 Å². The third-order valence-corrected chi connectivity index (χ3v) is 4.44. The summed E-state index contributed by atoms with van der Waals surface area (Å²) in [7, 11) is 3.51. The maximum absolute atomic E-state index is 11.9. The lowest BCUT2D eigenvalue weighted by molar-refractivity contribution is -0.129. The number of carbonyl (C=O) groups is 1. The molecule has 0 aromatic heterocycles. The number of amides is 1. The Balaban J connectivity index is 2.28. The first-order valence-corrected chi connectivity index (χ1v) is 7.11. The van der Waals surface area contributed by atoms with E-state index in [-0.39, 0.29) is 5.91 Å². The number of ether oxygens (including phenoxy) is 1. The first-order chi connectivity index (χ1) is 10.0. The van der Waals surface area contributed by atoms with Crippen molar-refractivity contribution in [2.45, 2.75) is 37.8 Å². The van der Waals surface area contributed by atoms with Crippen LogP contribution in [0.25, 0.3) is 0 Å². The predicted octanol–water partition coefficient (Wildman–Crippen LogP) is 1.80. The third kappa shape index (κ3) is 2.86. The Morgan fingerprint density at radius 2 is 2.14 bits per heavy atom. The van der Waals surface area contributed by atoms with Crippen LogP contribution in [0.3, 0.4) is 0 Å². The lowest BCUT2D eigenvalue weighted by Crippen LogP contribution is -2.53. The van der Waals surface area contributed by atoms with Crippen LogP contribution < -0.4 is 10.5 Å². The van der Waals surface area contributed by atoms with E-state index >= 15 is 0 Å². The second-order valence-electron chi connectivity index (χ2n) is 5.60. The van der Waals surface area contributed by atoms with Gasteiger partial charge < -0.3 is 10.5 Å². The summed E-state index contributed by atoms with van der Waals surface area (Å²) in [6, 6.07) is 7.44. The number of benzene rings is 1. The van der Waals surface area contributed by atoms with Crippen LogP contribution in [-0.4, -0.2) is 30.5 Å². The lowest BCUT2D eigenvalue weighted by atomic mass is 9.94. The Labute approximate surface area is 125 Å². The zero-order valence-electron chi connectivity index (χ0n) is 12.6. The molecule has 1 aromatic carbocycles. The van der Waals surface area contributed by atoms with Crippen LogP contribution in [0.5, 0.6) is 5.75 Å². The second kappa shape index (κ2) is 6.15. The molecule has 0 aliphatic heterocycles. The number of hydrogen-bond acceptors (Lipinski definition) is 4. The van der Waals surface area contributed by atoms with Gasteiger partial charge in [-0.15, -0.1) is 0 Å². The Morgan fingerprint density at radius 3 is 2.67 bits per heavy atom. The zero-order valence-corrected chi connectivity index (χ0v) is 12.6. The minimum Gasteiger partial charge on any atom is -0.496 e. The molecule has 0 atom stereocenters. The van der Waals surface area contributed by atoms with Crippen molar-refractivity contribution in [3.8, 4) is 11.8 Å². The Hall–Kier alpha value is -2.06. The number of rotatable bonds is 5. The largest absolute Gasteiger partial charge is 0.496 e. The van der Waals surface area contributed by atoms with Gasteiger partial charge in [0.2, 0.25) is 5.91 Å². The number of methoxy groups -OCH3 is 1. The number of nitrogens with two attached hydrogens (primary N) is 1. The summed E-state index contributed by atoms with van der Waals surface area (Å²) in [6.45, 7) is 0.529. The van der Waals surface area contributed by atoms with Crippen molar-refractivity contribution < 1.29 is 9.53 Å². The number of carbonyl (C=O) groups excluding carboxylic acids is 1. The maximum Gasteiger partial charge on any atom is 0.237 e. The quantitative estimate of drug-likeness (QED) is 0.895. The summed E-state index contributed by atoms with van der Waals surface area (Å²) in [5, 5.41) is 9.03. The maximum atomic E-state index is 11.9. The molecule has 1 fully saturated rings. The number of likely N-dealkylation sites (N-methyl/N-ethyl adjacent to an activating group) is 1. The molecule has 5 heteroatoms. The average molecular weight is 287 g/mol. The van der Waals surface area contributed by atoms with Gasteiger partial charge in [-0.05, 0) is 38.1 Å². The van der Waals surface area contributed by atoms with E-state index in [4.69, 9.17) is 15.7 Å². The molecule has 1 saturated carbocycles. The van der Waals surface area contributed by atoms with Crippen molar-refractivity contribution in [2.24, 2.45) is 5.73 Å². The molecule has 1 aliphatic carbocycles. The van der Waals surface area contributed by atoms with Crippen molar-refractivity contribution >= 4 is 5.91 Å². The molecule has 0 saturated heterocycles. The Kier molecular flexibility index (Phi) is 4.49. The molecule has 0 spiro atoms. The van der Waals surface area contributed by atoms with E-state index in [1.54, 1.807) is 25.3 Å². The van der Waals surface area contributed by atoms with Crippen LogP contribution in [0.4, 0.5) is 0 Å². The van der Waals surface area contributed by atoms with E-state index in [2.05, 4.69) is 6.07 Å². The highest BCUT2D eigenvalue weighted by Gasteiger charge is 2.43. The summed E-state index contributed by atoms with van der Waals surface area (Å²) in [5.74, 6) is 0.455. The highest BCUT2D eigenvalue weighted by Crippen LogP contribution is 2.36. The molecule has 0 heterocycles. The first kappa shape index (κ1) is 15.3. The minimum absolute atomic E-state index is 0.266. The van der Waals surface area contributed by atoms with E-state index in [1.807, 2.05) is 11.9 Å². The van der Waals surface area contributed by atoms with Crippen molar-refractivity contribution in [1.29, 1.82) is 5.26 Å². The fourth-order valence-corrected chi connectivity index (χ4v) is 3.15. The predicted molar refractivity (Wildman–Crippen MR) is 79.6 cm³/mol. The summed E-state index contributed by atoms with van der Waals surface area (Å²) in [4.78, 5) is 13.9. The van der Waals surface area contributed by atoms with Crippen molar-refractivity contribution in [2.75, 3.05) is 14.2 Å². The van der Waals surface area contributed by atoms with Crippen LogP contribution in [0.15, 0.2) is 18.2 Å². The van der Waals surface area contributed by atoms with Gasteiger partial charge in [0.05, 0.1) is 18.7 Å². The Morgan fingerprint density at radius 1 is 1.48 bits per heavy atom. The molecular weight excluding hydrogens is 266 g/mol. The molecule has 1 amide bonds. The monoisotopic (exact) mass is 287 g/mol. The van der Waals surface area contributed by atoms with Crippen molar-refractivity contribution in [1.82, 2.24) is 4.90 Å². The van der Waals surface area contributed by atoms with Gasteiger partial charge in [-0.2, -0.15) is 5.26 Å². The van der Waals surface area contributed by atoms with Crippen LogP contribution in [0.2, 0.25) is 0 Å². The highest BCUT2D eigenvalue weighted by atomic mass is 16.5. The van der Waals surface area contributed by atoms with Gasteiger partial charge in [0.1, 0.15) is 11.3 Å². The van der Waals surface area contributed by atoms with Gasteiger partial charge >= 0.3 is 0 Å². The van der Waals surface area contributed by atoms with E-state index < -0.39 is 5.54 Å². The van der Waals surface area contributed by atoms with Gasteiger partial charge in [0.25, 0.3) is 0 Å². The average Bonchev–Trinajstić information content (AvgIpc) is 2.98. The normalized spacial score (nSPS) is 16.7. The van der Waals surface area contributed by atoms with Crippen LogP contribution in [0.1, 0.15) is 36.8 Å². The summed E-state index contributed by atoms with van der Waals surface area (Å²) in [6.07, 6.45) is 3.61. The minimum atomic E-state index is -0.576. The standard InChI is InChI=1S/C16H21N3O2/c1-19(16(15(18)20)7-3-4-8-16)11-13-9-12(10-17)5-6-14(13)21-2/h5-6,9H,3-4,7-8,11H2,1-2H3,(H2,18,20). The van der Waals surface area contributed by atoms with Crippen LogP contribution >= 0.6 is 0 Å². The molecule has 2 rings (SSSR count). The summed E-state index contributed by atoms with van der Waals surface area (Å²) < 4.78 is 5.35. The number of nitriles is 1. The molecule has 5 nitrogen and oxygen atoms in total. The van der Waals surface area contributed by atoms with Crippen LogP contribution in [0, 0.1) is 11.3 Å². The number of primary amides is 1. The van der Waals surface area contributed by atoms with Gasteiger partial charge in [0.15, 0.2) is 0 Å². The van der Waals surface area contributed by atoms with E-state index in [9.17, 15) is 4.79 Å². The fraction of sp³-hybridized carbons (Fsp3) is 0.500. The van der Waals surface area contributed by atoms with Gasteiger partial charge in [-0.3, -0.25) is 9.69 Å². The smallest absolute Gasteiger partial charge is 0.237 e.